The molecule has 8 nitrogen and oxygen atoms in total. The molecule has 192 valence electrons. The van der Waals surface area contributed by atoms with Crippen LogP contribution in [-0.4, -0.2) is 56.8 Å². The van der Waals surface area contributed by atoms with Gasteiger partial charge in [-0.15, -0.1) is 0 Å². The van der Waals surface area contributed by atoms with Crippen molar-refractivity contribution in [1.29, 1.82) is 0 Å². The van der Waals surface area contributed by atoms with E-state index >= 15 is 0 Å². The van der Waals surface area contributed by atoms with Crippen LogP contribution in [0.15, 0.2) is 42.0 Å². The highest BCUT2D eigenvalue weighted by Crippen LogP contribution is 2.72. The number of hydrogen-bond donors (Lipinski definition) is 3. The summed E-state index contributed by atoms with van der Waals surface area (Å²) in [5, 5.41) is 32.7. The van der Waals surface area contributed by atoms with E-state index in [4.69, 9.17) is 9.78 Å². The van der Waals surface area contributed by atoms with E-state index in [0.29, 0.717) is 24.8 Å². The molecule has 1 spiro atoms. The van der Waals surface area contributed by atoms with Crippen molar-refractivity contribution in [3.63, 3.8) is 0 Å². The van der Waals surface area contributed by atoms with E-state index in [2.05, 4.69) is 0 Å². The fraction of sp³-hybridized carbons (Fsp3) is 0.607. The first-order chi connectivity index (χ1) is 17.0. The van der Waals surface area contributed by atoms with Gasteiger partial charge in [-0.25, -0.2) is 0 Å². The molecule has 1 aromatic rings. The minimum atomic E-state index is -1.70. The van der Waals surface area contributed by atoms with Gasteiger partial charge in [0.2, 0.25) is 0 Å². The van der Waals surface area contributed by atoms with E-state index in [-0.39, 0.29) is 36.2 Å². The van der Waals surface area contributed by atoms with Crippen molar-refractivity contribution in [1.82, 2.24) is 0 Å². The second kappa shape index (κ2) is 7.65. The quantitative estimate of drug-likeness (QED) is 0.250. The number of carbonyl (C=O) groups excluding carboxylic acids is 3. The van der Waals surface area contributed by atoms with Gasteiger partial charge >= 0.3 is 0 Å². The zero-order chi connectivity index (χ0) is 25.7. The van der Waals surface area contributed by atoms with Crippen LogP contribution in [0.3, 0.4) is 0 Å². The summed E-state index contributed by atoms with van der Waals surface area (Å²) < 4.78 is 0. The van der Waals surface area contributed by atoms with E-state index in [9.17, 15) is 29.7 Å². The molecule has 3 N–H and O–H groups in total. The lowest BCUT2D eigenvalue weighted by Gasteiger charge is -2.61. The summed E-state index contributed by atoms with van der Waals surface area (Å²) in [4.78, 5) is 50.8. The molecule has 36 heavy (non-hydrogen) atoms. The fourth-order valence-electron chi connectivity index (χ4n) is 8.76. The van der Waals surface area contributed by atoms with Crippen LogP contribution in [0.2, 0.25) is 0 Å². The molecule has 1 unspecified atom stereocenters. The molecule has 1 aliphatic heterocycles. The van der Waals surface area contributed by atoms with Crippen LogP contribution in [0.25, 0.3) is 0 Å². The average Bonchev–Trinajstić information content (AvgIpc) is 3.60. The second-order valence-corrected chi connectivity index (χ2v) is 11.8. The number of benzene rings is 1. The Bertz CT molecular complexity index is 1170. The molecule has 1 aromatic carbocycles. The van der Waals surface area contributed by atoms with Gasteiger partial charge < -0.3 is 15.3 Å². The number of aliphatic hydroxyl groups is 3. The highest BCUT2D eigenvalue weighted by molar-refractivity contribution is 6.16. The molecule has 6 rings (SSSR count). The summed E-state index contributed by atoms with van der Waals surface area (Å²) in [6.45, 7) is 3.02. The molecule has 0 bridgehead atoms. The van der Waals surface area contributed by atoms with Gasteiger partial charge in [0.1, 0.15) is 18.1 Å². The van der Waals surface area contributed by atoms with Gasteiger partial charge in [0.15, 0.2) is 17.3 Å². The average molecular weight is 497 g/mol. The van der Waals surface area contributed by atoms with Crippen molar-refractivity contribution in [3.8, 4) is 0 Å². The zero-order valence-electron chi connectivity index (χ0n) is 20.5. The number of aliphatic hydroxyl groups excluding tert-OH is 2. The Morgan fingerprint density at radius 2 is 1.81 bits per heavy atom. The van der Waals surface area contributed by atoms with Crippen LogP contribution >= 0.6 is 0 Å². The maximum absolute atomic E-state index is 13.6. The van der Waals surface area contributed by atoms with E-state index in [1.165, 1.54) is 0 Å². The van der Waals surface area contributed by atoms with Gasteiger partial charge in [0.05, 0.1) is 11.5 Å². The molecule has 0 amide bonds. The molecule has 5 aliphatic rings. The minimum absolute atomic E-state index is 0.0820. The van der Waals surface area contributed by atoms with Crippen LogP contribution in [0.1, 0.15) is 56.3 Å². The largest absolute Gasteiger partial charge is 0.393 e. The van der Waals surface area contributed by atoms with Gasteiger partial charge in [0.25, 0.3) is 5.79 Å². The zero-order valence-corrected chi connectivity index (χ0v) is 20.5. The molecule has 1 heterocycles. The molecule has 4 aliphatic carbocycles. The number of hydrogen-bond acceptors (Lipinski definition) is 8. The van der Waals surface area contributed by atoms with Gasteiger partial charge in [-0.1, -0.05) is 49.8 Å². The first-order valence-corrected chi connectivity index (χ1v) is 12.8. The third-order valence-corrected chi connectivity index (χ3v) is 10.6. The monoisotopic (exact) mass is 496 g/mol. The highest BCUT2D eigenvalue weighted by atomic mass is 17.4. The second-order valence-electron chi connectivity index (χ2n) is 11.8. The molecule has 4 fully saturated rings. The molecule has 3 saturated carbocycles. The smallest absolute Gasteiger partial charge is 0.260 e. The Hall–Kier alpha value is -2.23. The third kappa shape index (κ3) is 2.74. The van der Waals surface area contributed by atoms with Crippen molar-refractivity contribution in [2.75, 3.05) is 6.61 Å². The maximum atomic E-state index is 13.6. The van der Waals surface area contributed by atoms with E-state index in [1.54, 1.807) is 36.4 Å². The molecular formula is C28H32O8. The van der Waals surface area contributed by atoms with E-state index in [0.717, 1.165) is 5.57 Å². The lowest BCUT2D eigenvalue weighted by atomic mass is 9.43. The number of fused-ring (bicyclic) bond motifs is 6. The van der Waals surface area contributed by atoms with Crippen molar-refractivity contribution in [2.24, 2.45) is 34.5 Å². The SMILES string of the molecule is C[C@@]12C(=CC(=O)C(C(=O)c3ccccc3)C13OO3)CC[C@@H]1[C@@H]2[C@@H](O)C[C@@]2(C)[C@H]1CC[C@]2(O)C(=O)CO. The van der Waals surface area contributed by atoms with Gasteiger partial charge in [-0.05, 0) is 50.0 Å². The number of ketones is 3. The summed E-state index contributed by atoms with van der Waals surface area (Å²) in [6, 6.07) is 8.60. The number of rotatable bonds is 4. The van der Waals surface area contributed by atoms with Gasteiger partial charge in [-0.3, -0.25) is 14.4 Å². The first kappa shape index (κ1) is 24.1. The molecular weight excluding hydrogens is 464 g/mol. The molecule has 0 radical (unpaired) electrons. The standard InChI is InChI=1S/C28H32O8/c1-25-13-20(31)22-17(18(25)10-11-27(25,34)21(32)14-29)9-8-16-12-19(30)23(28(35-36-28)26(16,22)2)24(33)15-6-4-3-5-7-15/h3-7,12,17-18,20,22-23,29,31,34H,8-11,13-14H2,1-2H3/t17-,18-,20-,22+,23?,25-,26-,27-/m0/s1. The number of Topliss-reactive ketones (excluding diaryl/α,β-unsaturated/α-hetero) is 2. The van der Waals surface area contributed by atoms with Crippen molar-refractivity contribution < 1.29 is 39.5 Å². The number of carbonyl (C=O) groups is 3. The van der Waals surface area contributed by atoms with E-state index in [1.807, 2.05) is 13.8 Å². The van der Waals surface area contributed by atoms with Crippen LogP contribution in [0.5, 0.6) is 0 Å². The van der Waals surface area contributed by atoms with Crippen molar-refractivity contribution in [2.45, 2.75) is 63.4 Å². The minimum Gasteiger partial charge on any atom is -0.393 e. The molecule has 1 saturated heterocycles. The summed E-state index contributed by atoms with van der Waals surface area (Å²) in [5.74, 6) is -4.61. The summed E-state index contributed by atoms with van der Waals surface area (Å²) >= 11 is 0. The highest BCUT2D eigenvalue weighted by Gasteiger charge is 2.79. The topological polar surface area (TPSA) is 137 Å². The van der Waals surface area contributed by atoms with Crippen LogP contribution in [0.4, 0.5) is 0 Å². The fourth-order valence-corrected chi connectivity index (χ4v) is 8.76. The Morgan fingerprint density at radius 3 is 2.44 bits per heavy atom. The maximum Gasteiger partial charge on any atom is 0.260 e. The predicted octanol–water partition coefficient (Wildman–Crippen LogP) is 2.16. The Labute approximate surface area is 209 Å². The normalized spacial score (nSPS) is 44.3. The molecule has 0 aromatic heterocycles. The lowest BCUT2D eigenvalue weighted by Crippen LogP contribution is -2.66. The van der Waals surface area contributed by atoms with Crippen molar-refractivity contribution >= 4 is 17.3 Å². The molecule has 8 atom stereocenters. The molecule has 8 heteroatoms. The van der Waals surface area contributed by atoms with E-state index < -0.39 is 52.5 Å². The Kier molecular flexibility index (Phi) is 5.12. The Balaban J connectivity index is 1.43. The first-order valence-electron chi connectivity index (χ1n) is 12.8. The summed E-state index contributed by atoms with van der Waals surface area (Å²) in [6.07, 6.45) is 2.83. The summed E-state index contributed by atoms with van der Waals surface area (Å²) in [5.41, 5.74) is -2.34. The van der Waals surface area contributed by atoms with Crippen molar-refractivity contribution in [3.05, 3.63) is 47.5 Å². The summed E-state index contributed by atoms with van der Waals surface area (Å²) in [7, 11) is 0. The Morgan fingerprint density at radius 1 is 1.11 bits per heavy atom. The van der Waals surface area contributed by atoms with Gasteiger partial charge in [-0.2, -0.15) is 9.78 Å². The van der Waals surface area contributed by atoms with Crippen LogP contribution in [0, 0.1) is 34.5 Å². The lowest BCUT2D eigenvalue weighted by molar-refractivity contribution is -0.190. The third-order valence-electron chi connectivity index (χ3n) is 10.6. The van der Waals surface area contributed by atoms with Crippen LogP contribution < -0.4 is 0 Å². The van der Waals surface area contributed by atoms with Crippen LogP contribution in [-0.2, 0) is 19.4 Å². The predicted molar refractivity (Wildman–Crippen MR) is 125 cm³/mol. The van der Waals surface area contributed by atoms with Gasteiger partial charge in [0, 0.05) is 16.9 Å².